The number of halogens is 3. The minimum absolute atomic E-state index is 0.0430. The van der Waals surface area contributed by atoms with Gasteiger partial charge in [-0.2, -0.15) is 22.6 Å². The summed E-state index contributed by atoms with van der Waals surface area (Å²) in [7, 11) is 1.16. The van der Waals surface area contributed by atoms with Gasteiger partial charge in [-0.05, 0) is 23.8 Å². The number of alkyl halides is 3. The van der Waals surface area contributed by atoms with Gasteiger partial charge in [0.25, 0.3) is 11.0 Å². The number of carbonyl (C=O) groups excluding carboxylic acids is 4. The number of urea groups is 1. The molecule has 4 atom stereocenters. The number of carbonyl (C=O) groups is 4. The number of likely N-dealkylation sites (N-methyl/N-ethyl adjacent to an activating group) is 1. The van der Waals surface area contributed by atoms with Crippen LogP contribution in [0.2, 0.25) is 0 Å². The first-order chi connectivity index (χ1) is 19.3. The third kappa shape index (κ3) is 4.63. The lowest BCUT2D eigenvalue weighted by Gasteiger charge is -2.39. The van der Waals surface area contributed by atoms with Gasteiger partial charge in [0.15, 0.2) is 17.4 Å². The van der Waals surface area contributed by atoms with Gasteiger partial charge in [-0.25, -0.2) is 19.3 Å². The minimum atomic E-state index is -4.80. The van der Waals surface area contributed by atoms with Crippen LogP contribution < -0.4 is 9.80 Å². The fraction of sp³-hybridized carbons (Fsp3) is 0.269. The topological polar surface area (TPSA) is 123 Å². The minimum Gasteiger partial charge on any atom is -0.464 e. The van der Waals surface area contributed by atoms with Crippen LogP contribution in [0.5, 0.6) is 0 Å². The number of esters is 1. The number of nitrogens with one attached hydrogen (secondary N) is 1. The standard InChI is InChI=1S/C26H21F3N4O6S2/c1-33(25-30-17(12-40-25)23(36)39-2)19-6-4-5-16(26(27,28)29)15(19)11-18(22(33)35)32-21(34)20(31-24(32)37)13-7-9-14(10-8-13)41(3)38/h4-10,12,18,20H,11H2,1-3H3/p+1. The van der Waals surface area contributed by atoms with Gasteiger partial charge < -0.3 is 10.1 Å². The zero-order valence-electron chi connectivity index (χ0n) is 21.7. The zero-order chi connectivity index (χ0) is 29.9. The van der Waals surface area contributed by atoms with Gasteiger partial charge in [0.1, 0.15) is 6.04 Å². The van der Waals surface area contributed by atoms with Crippen LogP contribution in [-0.4, -0.2) is 64.4 Å². The van der Waals surface area contributed by atoms with Crippen molar-refractivity contribution in [2.24, 2.45) is 0 Å². The number of fused-ring (bicyclic) bond motifs is 1. The van der Waals surface area contributed by atoms with E-state index in [1.807, 2.05) is 0 Å². The highest BCUT2D eigenvalue weighted by molar-refractivity contribution is 7.84. The third-order valence-corrected chi connectivity index (χ3v) is 9.10. The maximum absolute atomic E-state index is 14.2. The Bertz CT molecular complexity index is 1620. The molecule has 4 unspecified atom stereocenters. The molecule has 2 aromatic carbocycles. The molecule has 0 radical (unpaired) electrons. The van der Waals surface area contributed by atoms with Crippen molar-refractivity contribution >= 4 is 56.8 Å². The van der Waals surface area contributed by atoms with E-state index in [-0.39, 0.29) is 22.1 Å². The Labute approximate surface area is 237 Å². The maximum atomic E-state index is 14.2. The summed E-state index contributed by atoms with van der Waals surface area (Å²) in [6, 6.07) is 5.67. The van der Waals surface area contributed by atoms with Crippen molar-refractivity contribution in [3.8, 4) is 0 Å². The first kappa shape index (κ1) is 28.6. The Morgan fingerprint density at radius 3 is 2.46 bits per heavy atom. The zero-order valence-corrected chi connectivity index (χ0v) is 23.4. The molecule has 5 rings (SSSR count). The van der Waals surface area contributed by atoms with Crippen LogP contribution in [0.1, 0.15) is 33.2 Å². The lowest BCUT2D eigenvalue weighted by atomic mass is 9.90. The SMILES string of the molecule is COC(=O)c1csc([N+]2(C)C(=O)C(N3C(=O)NC(c4ccc(S(C)=O)cc4)C3=O)Cc3c(C(F)(F)F)cccc32)n1. The lowest BCUT2D eigenvalue weighted by molar-refractivity contribution is -0.142. The van der Waals surface area contributed by atoms with E-state index in [2.05, 4.69) is 15.0 Å². The molecule has 0 saturated carbocycles. The van der Waals surface area contributed by atoms with E-state index in [4.69, 9.17) is 0 Å². The van der Waals surface area contributed by atoms with Crippen LogP contribution in [-0.2, 0) is 37.7 Å². The molecule has 214 valence electrons. The summed E-state index contributed by atoms with van der Waals surface area (Å²) in [6.07, 6.45) is -3.90. The number of benzene rings is 2. The van der Waals surface area contributed by atoms with E-state index in [9.17, 15) is 36.6 Å². The van der Waals surface area contributed by atoms with Crippen molar-refractivity contribution < 1.29 is 41.3 Å². The average Bonchev–Trinajstić information content (AvgIpc) is 3.54. The number of ether oxygens (including phenoxy) is 1. The fourth-order valence-electron chi connectivity index (χ4n) is 5.11. The summed E-state index contributed by atoms with van der Waals surface area (Å²) in [6.45, 7) is 0. The second kappa shape index (κ2) is 10.2. The molecule has 2 aliphatic rings. The number of hydrogen-bond acceptors (Lipinski definition) is 8. The highest BCUT2D eigenvalue weighted by Gasteiger charge is 2.57. The van der Waals surface area contributed by atoms with Crippen molar-refractivity contribution in [1.82, 2.24) is 19.7 Å². The summed E-state index contributed by atoms with van der Waals surface area (Å²) in [5, 5.41) is 3.77. The lowest BCUT2D eigenvalue weighted by Crippen LogP contribution is -2.61. The largest absolute Gasteiger partial charge is 0.464 e. The molecule has 1 fully saturated rings. The van der Waals surface area contributed by atoms with Crippen LogP contribution in [0.25, 0.3) is 0 Å². The number of rotatable bonds is 5. The Morgan fingerprint density at radius 1 is 1.17 bits per heavy atom. The summed E-state index contributed by atoms with van der Waals surface area (Å²) >= 11 is 0.856. The molecule has 15 heteroatoms. The average molecular weight is 608 g/mol. The summed E-state index contributed by atoms with van der Waals surface area (Å²) in [5.41, 5.74) is -1.14. The van der Waals surface area contributed by atoms with Crippen molar-refractivity contribution in [2.45, 2.75) is 29.6 Å². The summed E-state index contributed by atoms with van der Waals surface area (Å²) in [5.74, 6) is -2.42. The molecule has 4 amide bonds. The van der Waals surface area contributed by atoms with Crippen LogP contribution in [0.3, 0.4) is 0 Å². The molecule has 41 heavy (non-hydrogen) atoms. The quantitative estimate of drug-likeness (QED) is 0.267. The van der Waals surface area contributed by atoms with Crippen molar-refractivity contribution in [2.75, 3.05) is 20.4 Å². The van der Waals surface area contributed by atoms with Crippen LogP contribution in [0.4, 0.5) is 28.8 Å². The molecule has 0 aliphatic carbocycles. The van der Waals surface area contributed by atoms with Gasteiger partial charge in [-0.15, -0.1) is 0 Å². The number of aromatic nitrogens is 1. The first-order valence-corrected chi connectivity index (χ1v) is 14.4. The monoisotopic (exact) mass is 607 g/mol. The van der Waals surface area contributed by atoms with E-state index in [0.29, 0.717) is 15.4 Å². The first-order valence-electron chi connectivity index (χ1n) is 12.0. The van der Waals surface area contributed by atoms with Crippen LogP contribution in [0.15, 0.2) is 52.7 Å². The molecule has 0 bridgehead atoms. The van der Waals surface area contributed by atoms with E-state index >= 15 is 0 Å². The molecule has 0 spiro atoms. The molecule has 1 saturated heterocycles. The second-order valence-corrected chi connectivity index (χ2v) is 11.7. The van der Waals surface area contributed by atoms with Gasteiger partial charge in [-0.3, -0.25) is 9.00 Å². The molecule has 3 aromatic rings. The highest BCUT2D eigenvalue weighted by Crippen LogP contribution is 2.47. The van der Waals surface area contributed by atoms with Crippen molar-refractivity contribution in [1.29, 1.82) is 0 Å². The molecule has 1 N–H and O–H groups in total. The number of nitrogens with zero attached hydrogens (tertiary/aromatic N) is 3. The van der Waals surface area contributed by atoms with Gasteiger partial charge in [0.2, 0.25) is 0 Å². The van der Waals surface area contributed by atoms with E-state index in [0.717, 1.165) is 30.6 Å². The molecular formula is C26H22F3N4O6S2+. The predicted molar refractivity (Wildman–Crippen MR) is 142 cm³/mol. The Kier molecular flexibility index (Phi) is 7.07. The van der Waals surface area contributed by atoms with Gasteiger partial charge in [0.05, 0.1) is 19.7 Å². The normalized spacial score (nSPS) is 23.3. The number of methoxy groups -OCH3 is 1. The number of quaternary nitrogens is 1. The summed E-state index contributed by atoms with van der Waals surface area (Å²) < 4.78 is 58.0. The number of imide groups is 1. The van der Waals surface area contributed by atoms with Gasteiger partial charge >= 0.3 is 24.1 Å². The predicted octanol–water partition coefficient (Wildman–Crippen LogP) is 3.70. The smallest absolute Gasteiger partial charge is 0.416 e. The third-order valence-electron chi connectivity index (χ3n) is 7.16. The van der Waals surface area contributed by atoms with Crippen LogP contribution >= 0.6 is 11.3 Å². The molecule has 2 aliphatic heterocycles. The Balaban J connectivity index is 1.62. The number of amides is 4. The van der Waals surface area contributed by atoms with Gasteiger partial charge in [-0.1, -0.05) is 29.5 Å². The molecule has 1 aromatic heterocycles. The van der Waals surface area contributed by atoms with Crippen molar-refractivity contribution in [3.05, 3.63) is 70.2 Å². The maximum Gasteiger partial charge on any atom is 0.416 e. The van der Waals surface area contributed by atoms with Crippen molar-refractivity contribution in [3.63, 3.8) is 0 Å². The van der Waals surface area contributed by atoms with Crippen LogP contribution in [0, 0.1) is 0 Å². The van der Waals surface area contributed by atoms with E-state index in [1.165, 1.54) is 49.0 Å². The van der Waals surface area contributed by atoms with E-state index < -0.39 is 69.3 Å². The Hall–Kier alpha value is -3.95. The number of thiazole rings is 1. The summed E-state index contributed by atoms with van der Waals surface area (Å²) in [4.78, 5) is 58.3. The fourth-order valence-corrected chi connectivity index (χ4v) is 6.54. The van der Waals surface area contributed by atoms with E-state index in [1.54, 1.807) is 0 Å². The number of hydrogen-bond donors (Lipinski definition) is 1. The second-order valence-electron chi connectivity index (χ2n) is 9.49. The highest BCUT2D eigenvalue weighted by atomic mass is 32.2. The molecule has 10 nitrogen and oxygen atoms in total. The molecular weight excluding hydrogens is 585 g/mol. The Morgan fingerprint density at radius 2 is 1.85 bits per heavy atom. The van der Waals surface area contributed by atoms with Gasteiger partial charge in [0, 0.05) is 45.4 Å². The molecule has 3 heterocycles.